The Hall–Kier alpha value is -3.04. The van der Waals surface area contributed by atoms with Gasteiger partial charge in [0.1, 0.15) is 0 Å². The van der Waals surface area contributed by atoms with Gasteiger partial charge >= 0.3 is 5.97 Å². The van der Waals surface area contributed by atoms with Gasteiger partial charge in [0, 0.05) is 18.8 Å². The highest BCUT2D eigenvalue weighted by atomic mass is 32.2. The lowest BCUT2D eigenvalue weighted by molar-refractivity contribution is -0.137. The molecule has 1 saturated heterocycles. The van der Waals surface area contributed by atoms with Crippen LogP contribution >= 0.6 is 24.0 Å². The third kappa shape index (κ3) is 5.85. The van der Waals surface area contributed by atoms with Gasteiger partial charge in [0.25, 0.3) is 5.91 Å². The van der Waals surface area contributed by atoms with Crippen molar-refractivity contribution in [2.24, 2.45) is 0 Å². The SMILES string of the molecule is CCN(CC)c1ccc(N2C(=O)/C(=C\c3ccc(OCCC(=O)O)c(OC)c3)SC2=S)cc1. The van der Waals surface area contributed by atoms with E-state index < -0.39 is 5.97 Å². The highest BCUT2D eigenvalue weighted by molar-refractivity contribution is 8.27. The predicted octanol–water partition coefficient (Wildman–Crippen LogP) is 4.80. The highest BCUT2D eigenvalue weighted by Gasteiger charge is 2.33. The molecule has 1 fully saturated rings. The van der Waals surface area contributed by atoms with Crippen molar-refractivity contribution >= 4 is 57.6 Å². The highest BCUT2D eigenvalue weighted by Crippen LogP contribution is 2.37. The molecule has 2 aromatic rings. The molecule has 1 N–H and O–H groups in total. The molecule has 0 aliphatic carbocycles. The van der Waals surface area contributed by atoms with Crippen LogP contribution < -0.4 is 19.3 Å². The van der Waals surface area contributed by atoms with Crippen molar-refractivity contribution in [1.82, 2.24) is 0 Å². The van der Waals surface area contributed by atoms with Gasteiger partial charge < -0.3 is 19.5 Å². The molecule has 3 rings (SSSR count). The summed E-state index contributed by atoms with van der Waals surface area (Å²) in [5.41, 5.74) is 2.58. The molecule has 2 aromatic carbocycles. The lowest BCUT2D eigenvalue weighted by Crippen LogP contribution is -2.27. The lowest BCUT2D eigenvalue weighted by Gasteiger charge is -2.22. The van der Waals surface area contributed by atoms with E-state index in [0.717, 1.165) is 30.0 Å². The maximum atomic E-state index is 13.1. The lowest BCUT2D eigenvalue weighted by atomic mass is 10.1. The van der Waals surface area contributed by atoms with E-state index >= 15 is 0 Å². The fourth-order valence-electron chi connectivity index (χ4n) is 3.38. The number of anilines is 2. The molecule has 1 amide bonds. The monoisotopic (exact) mass is 486 g/mol. The smallest absolute Gasteiger partial charge is 0.306 e. The molecule has 0 aromatic heterocycles. The predicted molar refractivity (Wildman–Crippen MR) is 136 cm³/mol. The van der Waals surface area contributed by atoms with Crippen molar-refractivity contribution in [1.29, 1.82) is 0 Å². The van der Waals surface area contributed by atoms with Crippen LogP contribution in [0.5, 0.6) is 11.5 Å². The molecule has 1 aliphatic rings. The fourth-order valence-corrected chi connectivity index (χ4v) is 4.68. The van der Waals surface area contributed by atoms with Crippen molar-refractivity contribution in [2.75, 3.05) is 36.6 Å². The van der Waals surface area contributed by atoms with Crippen LogP contribution in [0.25, 0.3) is 6.08 Å². The first-order valence-corrected chi connectivity index (χ1v) is 11.8. The number of aliphatic carboxylic acids is 1. The number of carboxylic acid groups (broad SMARTS) is 1. The zero-order valence-corrected chi connectivity index (χ0v) is 20.4. The molecule has 0 saturated carbocycles. The Morgan fingerprint density at radius 1 is 1.15 bits per heavy atom. The summed E-state index contributed by atoms with van der Waals surface area (Å²) >= 11 is 6.73. The minimum atomic E-state index is -0.935. The first kappa shape index (κ1) is 24.6. The quantitative estimate of drug-likeness (QED) is 0.379. The van der Waals surface area contributed by atoms with Crippen molar-refractivity contribution in [3.8, 4) is 11.5 Å². The Morgan fingerprint density at radius 3 is 2.45 bits per heavy atom. The number of carboxylic acids is 1. The summed E-state index contributed by atoms with van der Waals surface area (Å²) < 4.78 is 11.3. The average molecular weight is 487 g/mol. The summed E-state index contributed by atoms with van der Waals surface area (Å²) in [5.74, 6) is -0.218. The number of thiocarbonyl (C=S) groups is 1. The molecule has 7 nitrogen and oxygen atoms in total. The Kier molecular flexibility index (Phi) is 8.35. The van der Waals surface area contributed by atoms with Gasteiger partial charge in [-0.25, -0.2) is 0 Å². The molecule has 1 heterocycles. The van der Waals surface area contributed by atoms with Crippen LogP contribution in [0.15, 0.2) is 47.4 Å². The van der Waals surface area contributed by atoms with E-state index in [2.05, 4.69) is 18.7 Å². The van der Waals surface area contributed by atoms with Crippen LogP contribution in [0.4, 0.5) is 11.4 Å². The number of rotatable bonds is 10. The molecule has 0 radical (unpaired) electrons. The third-order valence-corrected chi connectivity index (χ3v) is 6.39. The maximum Gasteiger partial charge on any atom is 0.306 e. The Morgan fingerprint density at radius 2 is 1.85 bits per heavy atom. The average Bonchev–Trinajstić information content (AvgIpc) is 3.08. The van der Waals surface area contributed by atoms with Crippen molar-refractivity contribution in [3.05, 3.63) is 52.9 Å². The number of hydrogen-bond donors (Lipinski definition) is 1. The zero-order valence-electron chi connectivity index (χ0n) is 18.7. The van der Waals surface area contributed by atoms with Gasteiger partial charge in [0.05, 0.1) is 30.7 Å². The van der Waals surface area contributed by atoms with E-state index in [1.807, 2.05) is 24.3 Å². The number of ether oxygens (including phenoxy) is 2. The Labute approximate surface area is 203 Å². The summed E-state index contributed by atoms with van der Waals surface area (Å²) in [4.78, 5) is 28.1. The number of methoxy groups -OCH3 is 1. The maximum absolute atomic E-state index is 13.1. The molecule has 9 heteroatoms. The van der Waals surface area contributed by atoms with Gasteiger partial charge in [-0.2, -0.15) is 0 Å². The van der Waals surface area contributed by atoms with Crippen molar-refractivity contribution in [3.63, 3.8) is 0 Å². The van der Waals surface area contributed by atoms with E-state index in [9.17, 15) is 9.59 Å². The summed E-state index contributed by atoms with van der Waals surface area (Å²) in [6.45, 7) is 6.07. The van der Waals surface area contributed by atoms with E-state index in [-0.39, 0.29) is 18.9 Å². The number of carbonyl (C=O) groups excluding carboxylic acids is 1. The number of hydrogen-bond acceptors (Lipinski definition) is 7. The van der Waals surface area contributed by atoms with Crippen LogP contribution in [-0.4, -0.2) is 48.1 Å². The second-order valence-corrected chi connectivity index (χ2v) is 8.78. The molecule has 1 aliphatic heterocycles. The van der Waals surface area contributed by atoms with E-state index in [0.29, 0.717) is 20.7 Å². The first-order valence-electron chi connectivity index (χ1n) is 10.5. The van der Waals surface area contributed by atoms with Gasteiger partial charge in [0.2, 0.25) is 0 Å². The topological polar surface area (TPSA) is 79.3 Å². The number of thioether (sulfide) groups is 1. The second kappa shape index (κ2) is 11.2. The fraction of sp³-hybridized carbons (Fsp3) is 0.292. The van der Waals surface area contributed by atoms with Crippen LogP contribution in [0.1, 0.15) is 25.8 Å². The molecule has 33 heavy (non-hydrogen) atoms. The Balaban J connectivity index is 1.78. The minimum Gasteiger partial charge on any atom is -0.493 e. The van der Waals surface area contributed by atoms with Crippen LogP contribution in [0.3, 0.4) is 0 Å². The Bertz CT molecular complexity index is 1070. The second-order valence-electron chi connectivity index (χ2n) is 7.11. The zero-order chi connectivity index (χ0) is 24.0. The molecular formula is C24H26N2O5S2. The standard InChI is InChI=1S/C24H26N2O5S2/c1-4-25(5-2)17-7-9-18(10-8-17)26-23(29)21(33-24(26)32)15-16-6-11-19(20(14-16)30-3)31-13-12-22(27)28/h6-11,14-15H,4-5,12-13H2,1-3H3,(H,27,28)/b21-15+. The van der Waals surface area contributed by atoms with E-state index in [1.54, 1.807) is 29.2 Å². The molecule has 0 atom stereocenters. The summed E-state index contributed by atoms with van der Waals surface area (Å²) in [6, 6.07) is 13.0. The van der Waals surface area contributed by atoms with Crippen LogP contribution in [0, 0.1) is 0 Å². The molecule has 0 unspecified atom stereocenters. The largest absolute Gasteiger partial charge is 0.493 e. The van der Waals surface area contributed by atoms with Crippen LogP contribution in [0.2, 0.25) is 0 Å². The third-order valence-electron chi connectivity index (χ3n) is 5.09. The van der Waals surface area contributed by atoms with E-state index in [1.165, 1.54) is 18.9 Å². The minimum absolute atomic E-state index is 0.0385. The first-order chi connectivity index (χ1) is 15.9. The number of amides is 1. The van der Waals surface area contributed by atoms with Gasteiger partial charge in [-0.1, -0.05) is 30.0 Å². The number of nitrogens with zero attached hydrogens (tertiary/aromatic N) is 2. The van der Waals surface area contributed by atoms with Gasteiger partial charge in [-0.05, 0) is 61.9 Å². The summed E-state index contributed by atoms with van der Waals surface area (Å²) in [7, 11) is 1.50. The van der Waals surface area contributed by atoms with Gasteiger partial charge in [0.15, 0.2) is 15.8 Å². The van der Waals surface area contributed by atoms with Crippen molar-refractivity contribution in [2.45, 2.75) is 20.3 Å². The normalized spacial score (nSPS) is 14.6. The molecule has 0 bridgehead atoms. The van der Waals surface area contributed by atoms with E-state index in [4.69, 9.17) is 26.8 Å². The van der Waals surface area contributed by atoms with Crippen molar-refractivity contribution < 1.29 is 24.2 Å². The molecule has 0 spiro atoms. The van der Waals surface area contributed by atoms with Gasteiger partial charge in [-0.3, -0.25) is 14.5 Å². The number of carbonyl (C=O) groups is 2. The summed E-state index contributed by atoms with van der Waals surface area (Å²) in [6.07, 6.45) is 1.65. The van der Waals surface area contributed by atoms with Gasteiger partial charge in [-0.15, -0.1) is 0 Å². The molecular weight excluding hydrogens is 460 g/mol. The summed E-state index contributed by atoms with van der Waals surface area (Å²) in [5, 5.41) is 8.76. The molecule has 174 valence electrons. The van der Waals surface area contributed by atoms with Crippen LogP contribution in [-0.2, 0) is 9.59 Å². The number of benzene rings is 2.